The summed E-state index contributed by atoms with van der Waals surface area (Å²) in [7, 11) is 0. The van der Waals surface area contributed by atoms with Gasteiger partial charge in [-0.15, -0.1) is 0 Å². The van der Waals surface area contributed by atoms with Crippen LogP contribution in [-0.4, -0.2) is 11.1 Å². The molecule has 0 aromatic heterocycles. The maximum Gasteiger partial charge on any atom is 0.339 e. The zero-order chi connectivity index (χ0) is 14.0. The lowest BCUT2D eigenvalue weighted by atomic mass is 10.1. The van der Waals surface area contributed by atoms with Crippen molar-refractivity contribution in [1.29, 1.82) is 0 Å². The number of benzene rings is 2. The third-order valence-electron chi connectivity index (χ3n) is 2.72. The zero-order valence-corrected chi connectivity index (χ0v) is 10.6. The van der Waals surface area contributed by atoms with Crippen LogP contribution in [-0.2, 0) is 0 Å². The fraction of sp³-hybridized carbons (Fsp3) is 0.133. The number of halogens is 1. The number of aromatic carboxylic acids is 1. The summed E-state index contributed by atoms with van der Waals surface area (Å²) in [5.41, 5.74) is 1.53. The van der Waals surface area contributed by atoms with Gasteiger partial charge >= 0.3 is 5.97 Å². The van der Waals surface area contributed by atoms with E-state index in [9.17, 15) is 9.18 Å². The minimum Gasteiger partial charge on any atom is -0.478 e. The van der Waals surface area contributed by atoms with Gasteiger partial charge < -0.3 is 9.84 Å². The summed E-state index contributed by atoms with van der Waals surface area (Å²) in [6, 6.07) is 9.00. The third kappa shape index (κ3) is 2.91. The van der Waals surface area contributed by atoms with Crippen LogP contribution in [0.2, 0.25) is 0 Å². The van der Waals surface area contributed by atoms with E-state index in [1.807, 2.05) is 0 Å². The van der Waals surface area contributed by atoms with Gasteiger partial charge in [0.05, 0.1) is 0 Å². The fourth-order valence-corrected chi connectivity index (χ4v) is 1.75. The molecule has 0 bridgehead atoms. The summed E-state index contributed by atoms with van der Waals surface area (Å²) in [6.45, 7) is 3.51. The highest BCUT2D eigenvalue weighted by molar-refractivity contribution is 5.91. The molecule has 2 aromatic carbocycles. The van der Waals surface area contributed by atoms with E-state index < -0.39 is 5.97 Å². The first-order valence-corrected chi connectivity index (χ1v) is 5.75. The molecule has 0 saturated heterocycles. The van der Waals surface area contributed by atoms with Crippen LogP contribution in [0, 0.1) is 19.7 Å². The summed E-state index contributed by atoms with van der Waals surface area (Å²) in [4.78, 5) is 11.2. The van der Waals surface area contributed by atoms with Crippen LogP contribution in [0.3, 0.4) is 0 Å². The van der Waals surface area contributed by atoms with E-state index in [1.54, 1.807) is 26.0 Å². The Morgan fingerprint density at radius 1 is 1.11 bits per heavy atom. The fourth-order valence-electron chi connectivity index (χ4n) is 1.75. The second-order valence-electron chi connectivity index (χ2n) is 4.32. The SMILES string of the molecule is Cc1ccc(Oc2ccc(F)cc2C)c(C(=O)O)c1. The molecular weight excluding hydrogens is 247 g/mol. The van der Waals surface area contributed by atoms with Gasteiger partial charge in [0, 0.05) is 0 Å². The summed E-state index contributed by atoms with van der Waals surface area (Å²) < 4.78 is 18.6. The van der Waals surface area contributed by atoms with Gasteiger partial charge in [-0.3, -0.25) is 0 Å². The highest BCUT2D eigenvalue weighted by Gasteiger charge is 2.13. The van der Waals surface area contributed by atoms with Crippen LogP contribution in [0.1, 0.15) is 21.5 Å². The molecular formula is C15H13FO3. The van der Waals surface area contributed by atoms with Crippen molar-refractivity contribution in [2.24, 2.45) is 0 Å². The molecule has 0 radical (unpaired) electrons. The molecule has 0 saturated carbocycles. The van der Waals surface area contributed by atoms with Gasteiger partial charge in [0.15, 0.2) is 0 Å². The summed E-state index contributed by atoms with van der Waals surface area (Å²) in [6.07, 6.45) is 0. The number of hydrogen-bond donors (Lipinski definition) is 1. The number of ether oxygens (including phenoxy) is 1. The van der Waals surface area contributed by atoms with Crippen molar-refractivity contribution in [3.8, 4) is 11.5 Å². The van der Waals surface area contributed by atoms with E-state index in [-0.39, 0.29) is 17.1 Å². The lowest BCUT2D eigenvalue weighted by Gasteiger charge is -2.11. The molecule has 0 heterocycles. The molecule has 0 aliphatic rings. The smallest absolute Gasteiger partial charge is 0.339 e. The van der Waals surface area contributed by atoms with E-state index in [1.165, 1.54) is 24.3 Å². The molecule has 0 spiro atoms. The minimum atomic E-state index is -1.06. The van der Waals surface area contributed by atoms with Gasteiger partial charge in [0.1, 0.15) is 22.9 Å². The predicted octanol–water partition coefficient (Wildman–Crippen LogP) is 3.93. The standard InChI is InChI=1S/C15H13FO3/c1-9-3-5-14(12(7-9)15(17)18)19-13-6-4-11(16)8-10(13)2/h3-8H,1-2H3,(H,17,18). The highest BCUT2D eigenvalue weighted by Crippen LogP contribution is 2.29. The average molecular weight is 260 g/mol. The monoisotopic (exact) mass is 260 g/mol. The van der Waals surface area contributed by atoms with E-state index in [4.69, 9.17) is 9.84 Å². The summed E-state index contributed by atoms with van der Waals surface area (Å²) in [5.74, 6) is -0.730. The van der Waals surface area contributed by atoms with Crippen molar-refractivity contribution in [3.05, 3.63) is 58.9 Å². The molecule has 0 fully saturated rings. The van der Waals surface area contributed by atoms with E-state index in [2.05, 4.69) is 0 Å². The first-order valence-electron chi connectivity index (χ1n) is 5.75. The second kappa shape index (κ2) is 5.10. The molecule has 2 rings (SSSR count). The minimum absolute atomic E-state index is 0.0868. The van der Waals surface area contributed by atoms with Crippen molar-refractivity contribution in [3.63, 3.8) is 0 Å². The summed E-state index contributed by atoms with van der Waals surface area (Å²) >= 11 is 0. The maximum absolute atomic E-state index is 13.0. The first kappa shape index (κ1) is 13.1. The number of hydrogen-bond acceptors (Lipinski definition) is 2. The van der Waals surface area contributed by atoms with Gasteiger partial charge in [-0.2, -0.15) is 0 Å². The van der Waals surface area contributed by atoms with E-state index >= 15 is 0 Å². The van der Waals surface area contributed by atoms with Gasteiger partial charge in [-0.25, -0.2) is 9.18 Å². The molecule has 0 amide bonds. The van der Waals surface area contributed by atoms with Crippen molar-refractivity contribution in [2.45, 2.75) is 13.8 Å². The van der Waals surface area contributed by atoms with Crippen LogP contribution >= 0.6 is 0 Å². The Labute approximate surface area is 110 Å². The van der Waals surface area contributed by atoms with Crippen LogP contribution in [0.25, 0.3) is 0 Å². The van der Waals surface area contributed by atoms with Crippen LogP contribution in [0.4, 0.5) is 4.39 Å². The van der Waals surface area contributed by atoms with E-state index in [0.29, 0.717) is 11.3 Å². The van der Waals surface area contributed by atoms with Gasteiger partial charge in [-0.05, 0) is 49.7 Å². The molecule has 1 N–H and O–H groups in total. The predicted molar refractivity (Wildman–Crippen MR) is 69.3 cm³/mol. The van der Waals surface area contributed by atoms with Gasteiger partial charge in [-0.1, -0.05) is 11.6 Å². The molecule has 3 nitrogen and oxygen atoms in total. The van der Waals surface area contributed by atoms with Gasteiger partial charge in [0.25, 0.3) is 0 Å². The third-order valence-corrected chi connectivity index (χ3v) is 2.72. The molecule has 0 aliphatic heterocycles. The van der Waals surface area contributed by atoms with Crippen LogP contribution < -0.4 is 4.74 Å². The highest BCUT2D eigenvalue weighted by atomic mass is 19.1. The Morgan fingerprint density at radius 2 is 1.79 bits per heavy atom. The lowest BCUT2D eigenvalue weighted by molar-refractivity contribution is 0.0694. The second-order valence-corrected chi connectivity index (χ2v) is 4.32. The molecule has 19 heavy (non-hydrogen) atoms. The molecule has 0 aliphatic carbocycles. The Bertz CT molecular complexity index is 635. The lowest BCUT2D eigenvalue weighted by Crippen LogP contribution is -2.01. The number of carboxylic acid groups (broad SMARTS) is 1. The van der Waals surface area contributed by atoms with Crippen molar-refractivity contribution in [1.82, 2.24) is 0 Å². The Balaban J connectivity index is 2.40. The Morgan fingerprint density at radius 3 is 2.42 bits per heavy atom. The average Bonchev–Trinajstić information content (AvgIpc) is 2.34. The first-order chi connectivity index (χ1) is 8.97. The zero-order valence-electron chi connectivity index (χ0n) is 10.6. The van der Waals surface area contributed by atoms with Crippen molar-refractivity contribution >= 4 is 5.97 Å². The molecule has 0 unspecified atom stereocenters. The number of rotatable bonds is 3. The maximum atomic E-state index is 13.0. The van der Waals surface area contributed by atoms with Crippen molar-refractivity contribution < 1.29 is 19.0 Å². The van der Waals surface area contributed by atoms with Crippen molar-refractivity contribution in [2.75, 3.05) is 0 Å². The number of carboxylic acids is 1. The molecule has 0 atom stereocenters. The van der Waals surface area contributed by atoms with Crippen LogP contribution in [0.15, 0.2) is 36.4 Å². The van der Waals surface area contributed by atoms with Crippen LogP contribution in [0.5, 0.6) is 11.5 Å². The normalized spacial score (nSPS) is 10.3. The quantitative estimate of drug-likeness (QED) is 0.909. The molecule has 2 aromatic rings. The Hall–Kier alpha value is -2.36. The van der Waals surface area contributed by atoms with Gasteiger partial charge in [0.2, 0.25) is 0 Å². The largest absolute Gasteiger partial charge is 0.478 e. The number of aryl methyl sites for hydroxylation is 2. The molecule has 98 valence electrons. The van der Waals surface area contributed by atoms with E-state index in [0.717, 1.165) is 5.56 Å². The number of carbonyl (C=O) groups is 1. The molecule has 4 heteroatoms. The topological polar surface area (TPSA) is 46.5 Å². The Kier molecular flexibility index (Phi) is 3.51. The summed E-state index contributed by atoms with van der Waals surface area (Å²) in [5, 5.41) is 9.14.